The van der Waals surface area contributed by atoms with Crippen molar-refractivity contribution in [2.24, 2.45) is 5.92 Å². The second kappa shape index (κ2) is 9.89. The predicted molar refractivity (Wildman–Crippen MR) is 112 cm³/mol. The minimum absolute atomic E-state index is 0.0120. The molecule has 1 fully saturated rings. The molecule has 1 aromatic heterocycles. The maximum absolute atomic E-state index is 12.6. The van der Waals surface area contributed by atoms with Crippen LogP contribution in [0.1, 0.15) is 68.2 Å². The van der Waals surface area contributed by atoms with E-state index in [1.807, 2.05) is 19.9 Å². The number of nitrogens with zero attached hydrogens (tertiary/aromatic N) is 2. The molecule has 164 valence electrons. The van der Waals surface area contributed by atoms with Crippen molar-refractivity contribution in [3.05, 3.63) is 23.0 Å². The average molecular weight is 427 g/mol. The van der Waals surface area contributed by atoms with Crippen molar-refractivity contribution in [2.75, 3.05) is 18.9 Å². The summed E-state index contributed by atoms with van der Waals surface area (Å²) in [5.74, 6) is -0.319. The highest BCUT2D eigenvalue weighted by Crippen LogP contribution is 2.23. The maximum Gasteiger partial charge on any atom is 0.324 e. The Hall–Kier alpha value is -1.67. The number of aryl methyl sites for hydroxylation is 1. The number of sulfonamides is 1. The van der Waals surface area contributed by atoms with Crippen LogP contribution in [0.4, 0.5) is 0 Å². The molecule has 1 atom stereocenters. The Balaban J connectivity index is 2.02. The number of hydrogen-bond acceptors (Lipinski definition) is 5. The Kier molecular flexibility index (Phi) is 8.05. The van der Waals surface area contributed by atoms with E-state index in [0.29, 0.717) is 37.3 Å². The van der Waals surface area contributed by atoms with E-state index in [0.717, 1.165) is 24.4 Å². The van der Waals surface area contributed by atoms with Crippen molar-refractivity contribution in [3.63, 3.8) is 0 Å². The minimum atomic E-state index is -3.47. The molecule has 1 saturated heterocycles. The van der Waals surface area contributed by atoms with Crippen molar-refractivity contribution >= 4 is 21.8 Å². The van der Waals surface area contributed by atoms with Gasteiger partial charge in [0.15, 0.2) is 6.61 Å². The van der Waals surface area contributed by atoms with Gasteiger partial charge in [-0.05, 0) is 51.5 Å². The topological polar surface area (TPSA) is 85.7 Å². The van der Waals surface area contributed by atoms with E-state index in [1.165, 1.54) is 4.31 Å². The smallest absolute Gasteiger partial charge is 0.324 e. The molecule has 29 heavy (non-hydrogen) atoms. The van der Waals surface area contributed by atoms with E-state index in [2.05, 4.69) is 18.4 Å². The Labute approximate surface area is 174 Å². The molecular formula is C21H34N2O5S. The van der Waals surface area contributed by atoms with Gasteiger partial charge in [0.25, 0.3) is 0 Å². The third-order valence-electron chi connectivity index (χ3n) is 5.44. The van der Waals surface area contributed by atoms with Crippen LogP contribution in [0.15, 0.2) is 6.07 Å². The Morgan fingerprint density at radius 1 is 1.28 bits per heavy atom. The molecule has 0 radical (unpaired) electrons. The van der Waals surface area contributed by atoms with Gasteiger partial charge in [0.2, 0.25) is 15.8 Å². The summed E-state index contributed by atoms with van der Waals surface area (Å²) in [6, 6.07) is 1.01. The van der Waals surface area contributed by atoms with Crippen molar-refractivity contribution in [1.82, 2.24) is 8.87 Å². The van der Waals surface area contributed by atoms with Gasteiger partial charge in [0, 0.05) is 30.0 Å². The van der Waals surface area contributed by atoms with Gasteiger partial charge >= 0.3 is 5.97 Å². The standard InChI is InChI=1S/C21H34N2O5S/c1-6-12-29(26,27)23-10-7-8-19(23)21(25)28-14-20(24)18-13-16(4)22(17(18)5)11-9-15(2)3/h13,15,19H,6-12,14H2,1-5H3. The third-order valence-corrected chi connectivity index (χ3v) is 7.52. The largest absolute Gasteiger partial charge is 0.456 e. The number of ether oxygens (including phenoxy) is 1. The van der Waals surface area contributed by atoms with Crippen LogP contribution >= 0.6 is 0 Å². The van der Waals surface area contributed by atoms with Crippen LogP contribution in [0, 0.1) is 19.8 Å². The molecular weight excluding hydrogens is 392 g/mol. The van der Waals surface area contributed by atoms with E-state index >= 15 is 0 Å². The van der Waals surface area contributed by atoms with Crippen LogP contribution in [0.25, 0.3) is 0 Å². The van der Waals surface area contributed by atoms with Crippen LogP contribution < -0.4 is 0 Å². The zero-order chi connectivity index (χ0) is 21.8. The van der Waals surface area contributed by atoms with Gasteiger partial charge in [-0.15, -0.1) is 0 Å². The molecule has 2 heterocycles. The second-order valence-corrected chi connectivity index (χ2v) is 10.3. The first-order valence-corrected chi connectivity index (χ1v) is 12.1. The second-order valence-electron chi connectivity index (χ2n) is 8.23. The summed E-state index contributed by atoms with van der Waals surface area (Å²) in [4.78, 5) is 25.1. The third kappa shape index (κ3) is 5.69. The predicted octanol–water partition coefficient (Wildman–Crippen LogP) is 3.08. The summed E-state index contributed by atoms with van der Waals surface area (Å²) in [7, 11) is -3.47. The SMILES string of the molecule is CCCS(=O)(=O)N1CCCC1C(=O)OCC(=O)c1cc(C)n(CCC(C)C)c1C. The molecule has 2 rings (SSSR count). The highest BCUT2D eigenvalue weighted by atomic mass is 32.2. The number of aromatic nitrogens is 1. The molecule has 1 aromatic rings. The Morgan fingerprint density at radius 2 is 1.97 bits per heavy atom. The molecule has 0 aromatic carbocycles. The molecule has 0 aliphatic carbocycles. The summed E-state index contributed by atoms with van der Waals surface area (Å²) in [6.07, 6.45) is 2.56. The molecule has 8 heteroatoms. The lowest BCUT2D eigenvalue weighted by Gasteiger charge is -2.22. The fraction of sp³-hybridized carbons (Fsp3) is 0.714. The lowest BCUT2D eigenvalue weighted by atomic mass is 10.1. The normalized spacial score (nSPS) is 17.8. The average Bonchev–Trinajstić information content (AvgIpc) is 3.23. The van der Waals surface area contributed by atoms with E-state index in [-0.39, 0.29) is 18.1 Å². The quantitative estimate of drug-likeness (QED) is 0.424. The van der Waals surface area contributed by atoms with E-state index in [9.17, 15) is 18.0 Å². The zero-order valence-electron chi connectivity index (χ0n) is 18.2. The number of rotatable bonds is 10. The molecule has 0 spiro atoms. The van der Waals surface area contributed by atoms with E-state index in [1.54, 1.807) is 6.92 Å². The number of esters is 1. The first-order chi connectivity index (χ1) is 13.6. The van der Waals surface area contributed by atoms with Crippen molar-refractivity contribution in [2.45, 2.75) is 72.9 Å². The van der Waals surface area contributed by atoms with E-state index in [4.69, 9.17) is 4.74 Å². The van der Waals surface area contributed by atoms with Crippen molar-refractivity contribution in [3.8, 4) is 0 Å². The number of carbonyl (C=O) groups excluding carboxylic acids is 2. The summed E-state index contributed by atoms with van der Waals surface area (Å²) >= 11 is 0. The van der Waals surface area contributed by atoms with Crippen LogP contribution in [-0.2, 0) is 26.1 Å². The van der Waals surface area contributed by atoms with Crippen molar-refractivity contribution in [1.29, 1.82) is 0 Å². The molecule has 0 saturated carbocycles. The lowest BCUT2D eigenvalue weighted by Crippen LogP contribution is -2.42. The first-order valence-electron chi connectivity index (χ1n) is 10.4. The number of ketones is 1. The minimum Gasteiger partial charge on any atom is -0.456 e. The summed E-state index contributed by atoms with van der Waals surface area (Å²) in [5.41, 5.74) is 2.43. The molecule has 7 nitrogen and oxygen atoms in total. The van der Waals surface area contributed by atoms with Gasteiger partial charge < -0.3 is 9.30 Å². The maximum atomic E-state index is 12.6. The van der Waals surface area contributed by atoms with Crippen LogP contribution in [0.5, 0.6) is 0 Å². The first kappa shape index (κ1) is 23.6. The highest BCUT2D eigenvalue weighted by Gasteiger charge is 2.39. The Morgan fingerprint density at radius 3 is 2.59 bits per heavy atom. The highest BCUT2D eigenvalue weighted by molar-refractivity contribution is 7.89. The molecule has 0 N–H and O–H groups in total. The van der Waals surface area contributed by atoms with Gasteiger partial charge in [-0.1, -0.05) is 20.8 Å². The summed E-state index contributed by atoms with van der Waals surface area (Å²) < 4.78 is 33.3. The van der Waals surface area contributed by atoms with Crippen LogP contribution in [-0.4, -0.2) is 54.0 Å². The molecule has 1 unspecified atom stereocenters. The Bertz CT molecular complexity index is 841. The summed E-state index contributed by atoms with van der Waals surface area (Å²) in [5, 5.41) is 0. The van der Waals surface area contributed by atoms with Crippen LogP contribution in [0.2, 0.25) is 0 Å². The van der Waals surface area contributed by atoms with Gasteiger partial charge in [-0.2, -0.15) is 4.31 Å². The van der Waals surface area contributed by atoms with Gasteiger partial charge in [0.05, 0.1) is 5.75 Å². The fourth-order valence-electron chi connectivity index (χ4n) is 3.81. The van der Waals surface area contributed by atoms with Crippen LogP contribution in [0.3, 0.4) is 0 Å². The van der Waals surface area contributed by atoms with Gasteiger partial charge in [0.1, 0.15) is 6.04 Å². The van der Waals surface area contributed by atoms with Gasteiger partial charge in [-0.3, -0.25) is 9.59 Å². The van der Waals surface area contributed by atoms with Crippen molar-refractivity contribution < 1.29 is 22.7 Å². The molecule has 1 aliphatic rings. The number of carbonyl (C=O) groups is 2. The molecule has 0 bridgehead atoms. The monoisotopic (exact) mass is 426 g/mol. The molecule has 0 amide bonds. The molecule has 1 aliphatic heterocycles. The van der Waals surface area contributed by atoms with Gasteiger partial charge in [-0.25, -0.2) is 8.42 Å². The zero-order valence-corrected chi connectivity index (χ0v) is 19.0. The number of hydrogen-bond donors (Lipinski definition) is 0. The van der Waals surface area contributed by atoms with E-state index < -0.39 is 22.0 Å². The number of Topliss-reactive ketones (excluding diaryl/α,β-unsaturated/α-hetero) is 1. The fourth-order valence-corrected chi connectivity index (χ4v) is 5.55. The lowest BCUT2D eigenvalue weighted by molar-refractivity contribution is -0.146. The summed E-state index contributed by atoms with van der Waals surface area (Å²) in [6.45, 7) is 10.8.